The van der Waals surface area contributed by atoms with Gasteiger partial charge in [-0.1, -0.05) is 0 Å². The summed E-state index contributed by atoms with van der Waals surface area (Å²) in [5.41, 5.74) is 1.38. The molecule has 1 spiro atoms. The predicted octanol–water partition coefficient (Wildman–Crippen LogP) is 2.14. The van der Waals surface area contributed by atoms with Gasteiger partial charge in [0, 0.05) is 42.7 Å². The van der Waals surface area contributed by atoms with Crippen molar-refractivity contribution in [3.63, 3.8) is 0 Å². The largest absolute Gasteiger partial charge is 0.444 e. The van der Waals surface area contributed by atoms with Gasteiger partial charge in [0.15, 0.2) is 0 Å². The second kappa shape index (κ2) is 6.30. The van der Waals surface area contributed by atoms with Crippen LogP contribution in [0.3, 0.4) is 0 Å². The highest BCUT2D eigenvalue weighted by molar-refractivity contribution is 8.00. The quantitative estimate of drug-likeness (QED) is 0.755. The van der Waals surface area contributed by atoms with Crippen molar-refractivity contribution >= 4 is 39.1 Å². The maximum atomic E-state index is 14.6. The van der Waals surface area contributed by atoms with Crippen LogP contribution in [0, 0.1) is 11.2 Å². The first-order valence-electron chi connectivity index (χ1n) is 8.53. The fourth-order valence-corrected chi connectivity index (χ4v) is 5.49. The van der Waals surface area contributed by atoms with E-state index in [-0.39, 0.29) is 24.5 Å². The zero-order chi connectivity index (χ0) is 18.5. The monoisotopic (exact) mass is 400 g/mol. The summed E-state index contributed by atoms with van der Waals surface area (Å²) in [4.78, 5) is 15.5. The highest BCUT2D eigenvalue weighted by atomic mass is 32.2. The molecule has 0 bridgehead atoms. The second-order valence-electron chi connectivity index (χ2n) is 7.52. The van der Waals surface area contributed by atoms with E-state index < -0.39 is 22.0 Å². The van der Waals surface area contributed by atoms with E-state index in [1.807, 2.05) is 16.7 Å². The van der Waals surface area contributed by atoms with E-state index in [2.05, 4.69) is 0 Å². The average molecular weight is 400 g/mol. The van der Waals surface area contributed by atoms with E-state index in [9.17, 15) is 17.6 Å². The molecule has 1 aromatic rings. The number of sulfone groups is 1. The van der Waals surface area contributed by atoms with Crippen LogP contribution in [0.25, 0.3) is 0 Å². The van der Waals surface area contributed by atoms with Gasteiger partial charge in [0.25, 0.3) is 0 Å². The van der Waals surface area contributed by atoms with Gasteiger partial charge in [0.1, 0.15) is 21.8 Å². The number of carbonyl (C=O) groups is 1. The van der Waals surface area contributed by atoms with Crippen LogP contribution in [0.4, 0.5) is 20.6 Å². The first-order valence-corrected chi connectivity index (χ1v) is 11.7. The fourth-order valence-electron chi connectivity index (χ4n) is 3.66. The molecule has 9 heteroatoms. The lowest BCUT2D eigenvalue weighted by Crippen LogP contribution is -2.63. The van der Waals surface area contributed by atoms with Gasteiger partial charge in [0.05, 0.1) is 23.7 Å². The third-order valence-electron chi connectivity index (χ3n) is 5.14. The third-order valence-corrected chi connectivity index (χ3v) is 7.75. The molecule has 3 aliphatic rings. The summed E-state index contributed by atoms with van der Waals surface area (Å²) in [6.07, 6.45) is 0.337. The van der Waals surface area contributed by atoms with Gasteiger partial charge in [-0.05, 0) is 18.2 Å². The van der Waals surface area contributed by atoms with Crippen LogP contribution in [0.15, 0.2) is 18.2 Å². The van der Waals surface area contributed by atoms with Crippen LogP contribution in [0.1, 0.15) is 6.42 Å². The zero-order valence-electron chi connectivity index (χ0n) is 14.5. The number of thioether (sulfide) groups is 1. The van der Waals surface area contributed by atoms with Crippen molar-refractivity contribution in [1.82, 2.24) is 0 Å². The Morgan fingerprint density at radius 1 is 1.35 bits per heavy atom. The van der Waals surface area contributed by atoms with E-state index in [1.165, 1.54) is 11.0 Å². The van der Waals surface area contributed by atoms with Gasteiger partial charge in [0.2, 0.25) is 0 Å². The van der Waals surface area contributed by atoms with Gasteiger partial charge in [-0.2, -0.15) is 11.8 Å². The lowest BCUT2D eigenvalue weighted by Gasteiger charge is -2.56. The topological polar surface area (TPSA) is 66.9 Å². The number of amides is 1. The summed E-state index contributed by atoms with van der Waals surface area (Å²) in [7, 11) is -3.11. The Labute approximate surface area is 156 Å². The molecule has 0 aromatic heterocycles. The van der Waals surface area contributed by atoms with Crippen LogP contribution in [0.2, 0.25) is 0 Å². The molecule has 26 heavy (non-hydrogen) atoms. The summed E-state index contributed by atoms with van der Waals surface area (Å²) < 4.78 is 42.3. The average Bonchev–Trinajstić information content (AvgIpc) is 2.84. The van der Waals surface area contributed by atoms with Crippen LogP contribution >= 0.6 is 11.8 Å². The summed E-state index contributed by atoms with van der Waals surface area (Å²) in [6.45, 7) is 2.00. The molecule has 3 saturated heterocycles. The molecule has 3 heterocycles. The van der Waals surface area contributed by atoms with Crippen molar-refractivity contribution < 1.29 is 22.3 Å². The number of rotatable bonds is 5. The Bertz CT molecular complexity index is 833. The van der Waals surface area contributed by atoms with E-state index in [4.69, 9.17) is 4.74 Å². The zero-order valence-corrected chi connectivity index (χ0v) is 16.1. The molecule has 0 aliphatic carbocycles. The highest BCUT2D eigenvalue weighted by Crippen LogP contribution is 2.47. The Hall–Kier alpha value is -1.48. The van der Waals surface area contributed by atoms with Crippen molar-refractivity contribution in [3.8, 4) is 0 Å². The highest BCUT2D eigenvalue weighted by Gasteiger charge is 2.48. The summed E-state index contributed by atoms with van der Waals surface area (Å²) >= 11 is 1.93. The summed E-state index contributed by atoms with van der Waals surface area (Å²) in [5, 5.41) is 0. The van der Waals surface area contributed by atoms with Crippen LogP contribution in [-0.2, 0) is 14.6 Å². The van der Waals surface area contributed by atoms with Crippen molar-refractivity contribution in [2.75, 3.05) is 52.9 Å². The number of nitrogens with zero attached hydrogens (tertiary/aromatic N) is 2. The normalized spacial score (nSPS) is 24.4. The molecule has 3 aliphatic heterocycles. The molecule has 0 saturated carbocycles. The Morgan fingerprint density at radius 3 is 2.65 bits per heavy atom. The van der Waals surface area contributed by atoms with E-state index in [0.717, 1.165) is 30.9 Å². The third kappa shape index (κ3) is 3.38. The van der Waals surface area contributed by atoms with Gasteiger partial charge in [-0.3, -0.25) is 4.90 Å². The molecule has 0 unspecified atom stereocenters. The minimum absolute atomic E-state index is 0.0406. The lowest BCUT2D eigenvalue weighted by molar-refractivity contribution is 0.139. The Morgan fingerprint density at radius 2 is 2.08 bits per heavy atom. The first-order chi connectivity index (χ1) is 12.2. The van der Waals surface area contributed by atoms with Gasteiger partial charge >= 0.3 is 6.09 Å². The van der Waals surface area contributed by atoms with Crippen molar-refractivity contribution in [1.29, 1.82) is 0 Å². The molecular formula is C17H21FN2O4S2. The van der Waals surface area contributed by atoms with Gasteiger partial charge in [-0.15, -0.1) is 0 Å². The number of benzene rings is 1. The van der Waals surface area contributed by atoms with Crippen molar-refractivity contribution in [2.24, 2.45) is 5.41 Å². The van der Waals surface area contributed by atoms with E-state index >= 15 is 0 Å². The molecule has 0 N–H and O–H groups in total. The maximum absolute atomic E-state index is 14.6. The molecule has 3 fully saturated rings. The molecule has 1 amide bonds. The number of carbonyl (C=O) groups excluding carboxylic acids is 1. The standard InChI is InChI=1S/C17H21FN2O4S2/c1-26(22,23)5-4-13-7-20(16(21)24-13)12-2-3-15(14(18)6-12)19-8-17(9-19)10-25-11-17/h2-3,6,13H,4-5,7-11H2,1H3/t13-/m0/s1. The summed E-state index contributed by atoms with van der Waals surface area (Å²) in [6, 6.07) is 4.79. The van der Waals surface area contributed by atoms with Crippen molar-refractivity contribution in [3.05, 3.63) is 24.0 Å². The molecular weight excluding hydrogens is 379 g/mol. The molecule has 0 radical (unpaired) electrons. The number of halogens is 1. The lowest BCUT2D eigenvalue weighted by atomic mass is 9.82. The Kier molecular flexibility index (Phi) is 4.34. The fraction of sp³-hybridized carbons (Fsp3) is 0.588. The molecule has 142 valence electrons. The minimum Gasteiger partial charge on any atom is -0.444 e. The molecule has 1 atom stereocenters. The van der Waals surface area contributed by atoms with Gasteiger partial charge < -0.3 is 9.64 Å². The van der Waals surface area contributed by atoms with Crippen molar-refractivity contribution in [2.45, 2.75) is 12.5 Å². The Balaban J connectivity index is 1.41. The number of anilines is 2. The van der Waals surface area contributed by atoms with Crippen LogP contribution in [0.5, 0.6) is 0 Å². The number of ether oxygens (including phenoxy) is 1. The van der Waals surface area contributed by atoms with E-state index in [1.54, 1.807) is 12.1 Å². The molecule has 6 nitrogen and oxygen atoms in total. The van der Waals surface area contributed by atoms with Crippen LogP contribution < -0.4 is 9.80 Å². The van der Waals surface area contributed by atoms with Gasteiger partial charge in [-0.25, -0.2) is 17.6 Å². The first kappa shape index (κ1) is 17.9. The molecule has 4 rings (SSSR count). The number of hydrogen-bond donors (Lipinski definition) is 0. The summed E-state index contributed by atoms with van der Waals surface area (Å²) in [5.74, 6) is 1.91. The second-order valence-corrected chi connectivity index (χ2v) is 10.8. The SMILES string of the molecule is CS(=O)(=O)CC[C@H]1CN(c2ccc(N3CC4(CSC4)C3)c(F)c2)C(=O)O1. The van der Waals surface area contributed by atoms with E-state index in [0.29, 0.717) is 16.8 Å². The minimum atomic E-state index is -3.11. The molecule has 1 aromatic carbocycles. The smallest absolute Gasteiger partial charge is 0.414 e. The predicted molar refractivity (Wildman–Crippen MR) is 100 cm³/mol. The number of cyclic esters (lactones) is 1. The maximum Gasteiger partial charge on any atom is 0.414 e. The van der Waals surface area contributed by atoms with Crippen LogP contribution in [-0.4, -0.2) is 63.8 Å². The number of hydrogen-bond acceptors (Lipinski definition) is 6.